The minimum Gasteiger partial charge on any atom is -0.508 e. The summed E-state index contributed by atoms with van der Waals surface area (Å²) in [5, 5.41) is 9.31. The molecule has 0 bridgehead atoms. The summed E-state index contributed by atoms with van der Waals surface area (Å²) < 4.78 is 0. The van der Waals surface area contributed by atoms with Crippen molar-refractivity contribution in [2.75, 3.05) is 0 Å². The molecule has 1 aromatic carbocycles. The molecule has 0 spiro atoms. The highest BCUT2D eigenvalue weighted by atomic mass is 16.3. The Morgan fingerprint density at radius 1 is 1.19 bits per heavy atom. The summed E-state index contributed by atoms with van der Waals surface area (Å²) in [7, 11) is 0. The van der Waals surface area contributed by atoms with E-state index in [0.29, 0.717) is 11.7 Å². The number of benzene rings is 1. The van der Waals surface area contributed by atoms with Crippen LogP contribution in [0.2, 0.25) is 0 Å². The normalized spacial score (nSPS) is 17.1. The van der Waals surface area contributed by atoms with Crippen molar-refractivity contribution in [2.45, 2.75) is 45.6 Å². The fourth-order valence-corrected chi connectivity index (χ4v) is 2.26. The predicted molar refractivity (Wildman–Crippen MR) is 68.6 cm³/mol. The summed E-state index contributed by atoms with van der Waals surface area (Å²) in [5.74, 6) is 0.908. The van der Waals surface area contributed by atoms with E-state index in [4.69, 9.17) is 5.73 Å². The molecule has 0 fully saturated rings. The van der Waals surface area contributed by atoms with Crippen LogP contribution in [0.15, 0.2) is 24.3 Å². The molecule has 0 aromatic heterocycles. The van der Waals surface area contributed by atoms with Crippen LogP contribution in [0.4, 0.5) is 0 Å². The van der Waals surface area contributed by atoms with Crippen LogP contribution >= 0.6 is 0 Å². The zero-order valence-corrected chi connectivity index (χ0v) is 10.7. The molecule has 90 valence electrons. The second-order valence-corrected chi connectivity index (χ2v) is 5.35. The van der Waals surface area contributed by atoms with E-state index in [9.17, 15) is 5.11 Å². The molecule has 1 rings (SSSR count). The first-order valence-electron chi connectivity index (χ1n) is 5.91. The predicted octanol–water partition coefficient (Wildman–Crippen LogP) is 3.04. The topological polar surface area (TPSA) is 46.2 Å². The van der Waals surface area contributed by atoms with Crippen LogP contribution in [0.3, 0.4) is 0 Å². The van der Waals surface area contributed by atoms with Gasteiger partial charge in [0.05, 0.1) is 0 Å². The van der Waals surface area contributed by atoms with Crippen molar-refractivity contribution in [3.8, 4) is 5.75 Å². The Morgan fingerprint density at radius 2 is 1.69 bits per heavy atom. The van der Waals surface area contributed by atoms with E-state index in [0.717, 1.165) is 6.42 Å². The number of hydrogen-bond acceptors (Lipinski definition) is 2. The van der Waals surface area contributed by atoms with Gasteiger partial charge in [-0.15, -0.1) is 0 Å². The number of phenols is 1. The van der Waals surface area contributed by atoms with E-state index in [1.807, 2.05) is 12.1 Å². The standard InChI is InChI=1S/C14H23NO/c1-10(2)9-14(4,11(3)15)12-5-7-13(16)8-6-12/h5-8,10-11,16H,9,15H2,1-4H3. The first-order chi connectivity index (χ1) is 7.36. The molecule has 0 radical (unpaired) electrons. The molecular formula is C14H23NO. The Labute approximate surface area is 98.5 Å². The van der Waals surface area contributed by atoms with Gasteiger partial charge in [-0.3, -0.25) is 0 Å². The quantitative estimate of drug-likeness (QED) is 0.821. The maximum atomic E-state index is 9.31. The van der Waals surface area contributed by atoms with Gasteiger partial charge in [-0.25, -0.2) is 0 Å². The van der Waals surface area contributed by atoms with Crippen LogP contribution in [-0.2, 0) is 5.41 Å². The summed E-state index contributed by atoms with van der Waals surface area (Å²) in [5.41, 5.74) is 7.30. The third-order valence-electron chi connectivity index (χ3n) is 3.36. The third-order valence-corrected chi connectivity index (χ3v) is 3.36. The number of rotatable bonds is 4. The molecule has 0 amide bonds. The molecule has 0 aliphatic heterocycles. The summed E-state index contributed by atoms with van der Waals surface area (Å²) >= 11 is 0. The van der Waals surface area contributed by atoms with Gasteiger partial charge in [-0.05, 0) is 37.0 Å². The van der Waals surface area contributed by atoms with E-state index < -0.39 is 0 Å². The smallest absolute Gasteiger partial charge is 0.115 e. The average molecular weight is 221 g/mol. The van der Waals surface area contributed by atoms with Crippen molar-refractivity contribution in [1.82, 2.24) is 0 Å². The molecule has 0 saturated heterocycles. The second kappa shape index (κ2) is 4.88. The minimum absolute atomic E-state index is 0.0259. The van der Waals surface area contributed by atoms with E-state index in [-0.39, 0.29) is 11.5 Å². The van der Waals surface area contributed by atoms with Crippen molar-refractivity contribution in [3.05, 3.63) is 29.8 Å². The first kappa shape index (κ1) is 13.0. The molecule has 2 heteroatoms. The Kier molecular flexibility index (Phi) is 3.98. The maximum absolute atomic E-state index is 9.31. The lowest BCUT2D eigenvalue weighted by atomic mass is 9.71. The molecular weight excluding hydrogens is 198 g/mol. The zero-order valence-electron chi connectivity index (χ0n) is 10.7. The highest BCUT2D eigenvalue weighted by molar-refractivity contribution is 5.32. The molecule has 0 aliphatic rings. The Hall–Kier alpha value is -1.02. The van der Waals surface area contributed by atoms with Crippen molar-refractivity contribution < 1.29 is 5.11 Å². The Morgan fingerprint density at radius 3 is 2.06 bits per heavy atom. The first-order valence-corrected chi connectivity index (χ1v) is 5.91. The lowest BCUT2D eigenvalue weighted by Gasteiger charge is -2.36. The van der Waals surface area contributed by atoms with Crippen molar-refractivity contribution in [1.29, 1.82) is 0 Å². The molecule has 2 nitrogen and oxygen atoms in total. The van der Waals surface area contributed by atoms with Gasteiger partial charge >= 0.3 is 0 Å². The van der Waals surface area contributed by atoms with Crippen molar-refractivity contribution in [3.63, 3.8) is 0 Å². The van der Waals surface area contributed by atoms with Crippen LogP contribution in [0.5, 0.6) is 5.75 Å². The molecule has 3 N–H and O–H groups in total. The number of phenolic OH excluding ortho intramolecular Hbond substituents is 1. The SMILES string of the molecule is CC(C)CC(C)(c1ccc(O)cc1)C(C)N. The van der Waals surface area contributed by atoms with Crippen molar-refractivity contribution >= 4 is 0 Å². The lowest BCUT2D eigenvalue weighted by molar-refractivity contribution is 0.318. The number of aromatic hydroxyl groups is 1. The van der Waals surface area contributed by atoms with E-state index in [2.05, 4.69) is 27.7 Å². The molecule has 16 heavy (non-hydrogen) atoms. The van der Waals surface area contributed by atoms with Crippen LogP contribution < -0.4 is 5.73 Å². The Bertz CT molecular complexity index is 329. The average Bonchev–Trinajstić information content (AvgIpc) is 2.17. The summed E-state index contributed by atoms with van der Waals surface area (Å²) in [4.78, 5) is 0. The largest absolute Gasteiger partial charge is 0.508 e. The van der Waals surface area contributed by atoms with Gasteiger partial charge in [-0.1, -0.05) is 32.9 Å². The van der Waals surface area contributed by atoms with Gasteiger partial charge < -0.3 is 10.8 Å². The van der Waals surface area contributed by atoms with Crippen LogP contribution in [0.25, 0.3) is 0 Å². The number of hydrogen-bond donors (Lipinski definition) is 2. The second-order valence-electron chi connectivity index (χ2n) is 5.35. The fraction of sp³-hybridized carbons (Fsp3) is 0.571. The van der Waals surface area contributed by atoms with Gasteiger partial charge in [-0.2, -0.15) is 0 Å². The Balaban J connectivity index is 3.06. The van der Waals surface area contributed by atoms with Crippen molar-refractivity contribution in [2.24, 2.45) is 11.7 Å². The lowest BCUT2D eigenvalue weighted by Crippen LogP contribution is -2.41. The molecule has 2 unspecified atom stereocenters. The third kappa shape index (κ3) is 2.76. The summed E-state index contributed by atoms with van der Waals surface area (Å²) in [6.07, 6.45) is 1.05. The maximum Gasteiger partial charge on any atom is 0.115 e. The molecule has 0 saturated carbocycles. The monoisotopic (exact) mass is 221 g/mol. The highest BCUT2D eigenvalue weighted by Crippen LogP contribution is 2.34. The minimum atomic E-state index is -0.0259. The summed E-state index contributed by atoms with van der Waals surface area (Å²) in [6, 6.07) is 7.51. The van der Waals surface area contributed by atoms with Gasteiger partial charge in [0, 0.05) is 11.5 Å². The van der Waals surface area contributed by atoms with Gasteiger partial charge in [0.2, 0.25) is 0 Å². The molecule has 1 aromatic rings. The number of nitrogens with two attached hydrogens (primary N) is 1. The molecule has 0 aliphatic carbocycles. The van der Waals surface area contributed by atoms with Crippen LogP contribution in [0, 0.1) is 5.92 Å². The highest BCUT2D eigenvalue weighted by Gasteiger charge is 2.31. The molecule has 0 heterocycles. The summed E-state index contributed by atoms with van der Waals surface area (Å²) in [6.45, 7) is 8.67. The van der Waals surface area contributed by atoms with Gasteiger partial charge in [0.25, 0.3) is 0 Å². The van der Waals surface area contributed by atoms with Gasteiger partial charge in [0.15, 0.2) is 0 Å². The van der Waals surface area contributed by atoms with Gasteiger partial charge in [0.1, 0.15) is 5.75 Å². The molecule has 2 atom stereocenters. The van der Waals surface area contributed by atoms with E-state index in [1.54, 1.807) is 12.1 Å². The van der Waals surface area contributed by atoms with Crippen LogP contribution in [-0.4, -0.2) is 11.1 Å². The van der Waals surface area contributed by atoms with E-state index in [1.165, 1.54) is 5.56 Å². The fourth-order valence-electron chi connectivity index (χ4n) is 2.26. The van der Waals surface area contributed by atoms with Crippen LogP contribution in [0.1, 0.15) is 39.7 Å². The zero-order chi connectivity index (χ0) is 12.3. The van der Waals surface area contributed by atoms with E-state index >= 15 is 0 Å².